The van der Waals surface area contributed by atoms with Crippen LogP contribution in [0.25, 0.3) is 27.8 Å². The van der Waals surface area contributed by atoms with E-state index >= 15 is 0 Å². The maximum Gasteiger partial charge on any atom is 0.266 e. The Morgan fingerprint density at radius 1 is 1.03 bits per heavy atom. The summed E-state index contributed by atoms with van der Waals surface area (Å²) in [4.78, 5) is 33.7. The van der Waals surface area contributed by atoms with E-state index in [1.165, 1.54) is 22.7 Å². The number of aromatic nitrogens is 6. The molecule has 0 atom stereocenters. The molecule has 0 radical (unpaired) electrons. The number of H-pyrrole nitrogens is 1. The molecule has 0 amide bonds. The van der Waals surface area contributed by atoms with Gasteiger partial charge in [0.2, 0.25) is 0 Å². The molecular formula is C20H13Cl2N7OS. The number of imidazole rings is 1. The number of hydrogen-bond donors (Lipinski definition) is 2. The van der Waals surface area contributed by atoms with Crippen molar-refractivity contribution in [3.8, 4) is 5.69 Å². The van der Waals surface area contributed by atoms with Crippen LogP contribution in [0.15, 0.2) is 58.7 Å². The van der Waals surface area contributed by atoms with Crippen LogP contribution in [0.1, 0.15) is 5.82 Å². The summed E-state index contributed by atoms with van der Waals surface area (Å²) in [6, 6.07) is 12.2. The van der Waals surface area contributed by atoms with Gasteiger partial charge in [0.25, 0.3) is 5.56 Å². The van der Waals surface area contributed by atoms with E-state index < -0.39 is 0 Å². The lowest BCUT2D eigenvalue weighted by molar-refractivity contribution is 0.882. The Morgan fingerprint density at radius 2 is 1.81 bits per heavy atom. The molecule has 154 valence electrons. The van der Waals surface area contributed by atoms with Gasteiger partial charge in [-0.25, -0.2) is 19.9 Å². The fourth-order valence-corrected chi connectivity index (χ4v) is 4.59. The van der Waals surface area contributed by atoms with E-state index in [4.69, 9.17) is 33.9 Å². The fraction of sp³-hybridized carbons (Fsp3) is 0.0500. The second-order valence-electron chi connectivity index (χ2n) is 6.54. The van der Waals surface area contributed by atoms with Gasteiger partial charge in [0.05, 0.1) is 32.4 Å². The molecule has 3 aromatic heterocycles. The van der Waals surface area contributed by atoms with E-state index in [1.54, 1.807) is 36.4 Å². The third-order valence-corrected chi connectivity index (χ3v) is 6.12. The summed E-state index contributed by atoms with van der Waals surface area (Å²) >= 11 is 14.2. The Morgan fingerprint density at radius 3 is 2.58 bits per heavy atom. The molecule has 3 N–H and O–H groups in total. The second kappa shape index (κ2) is 7.84. The number of nitrogens with two attached hydrogens (primary N) is 1. The quantitative estimate of drug-likeness (QED) is 0.378. The molecule has 0 aliphatic heterocycles. The van der Waals surface area contributed by atoms with Crippen LogP contribution in [0, 0.1) is 0 Å². The van der Waals surface area contributed by atoms with Crippen molar-refractivity contribution >= 4 is 62.8 Å². The van der Waals surface area contributed by atoms with Gasteiger partial charge in [-0.15, -0.1) is 0 Å². The minimum Gasteiger partial charge on any atom is -0.382 e. The van der Waals surface area contributed by atoms with E-state index in [0.717, 1.165) is 0 Å². The van der Waals surface area contributed by atoms with Crippen LogP contribution < -0.4 is 11.3 Å². The second-order valence-corrected chi connectivity index (χ2v) is 8.32. The maximum atomic E-state index is 13.4. The molecule has 8 nitrogen and oxygen atoms in total. The van der Waals surface area contributed by atoms with Crippen molar-refractivity contribution in [2.45, 2.75) is 10.9 Å². The maximum absolute atomic E-state index is 13.4. The van der Waals surface area contributed by atoms with E-state index in [2.05, 4.69) is 19.9 Å². The third kappa shape index (κ3) is 3.50. The lowest BCUT2D eigenvalue weighted by atomic mass is 10.2. The number of anilines is 1. The molecule has 0 aliphatic rings. The van der Waals surface area contributed by atoms with Gasteiger partial charge in [0, 0.05) is 0 Å². The summed E-state index contributed by atoms with van der Waals surface area (Å²) in [5.74, 6) is 1.10. The molecule has 5 rings (SSSR count). The first kappa shape index (κ1) is 19.8. The van der Waals surface area contributed by atoms with Crippen LogP contribution in [-0.4, -0.2) is 29.5 Å². The number of nitrogens with zero attached hydrogens (tertiary/aromatic N) is 5. The molecule has 0 aliphatic carbocycles. The molecule has 0 fully saturated rings. The number of para-hydroxylation sites is 2. The smallest absolute Gasteiger partial charge is 0.266 e. The van der Waals surface area contributed by atoms with E-state index in [1.807, 2.05) is 6.07 Å². The van der Waals surface area contributed by atoms with Crippen molar-refractivity contribution in [1.82, 2.24) is 29.5 Å². The first-order valence-corrected chi connectivity index (χ1v) is 10.8. The van der Waals surface area contributed by atoms with Crippen LogP contribution in [0.4, 0.5) is 5.82 Å². The van der Waals surface area contributed by atoms with Crippen molar-refractivity contribution in [3.05, 3.63) is 75.0 Å². The van der Waals surface area contributed by atoms with Crippen LogP contribution in [0.5, 0.6) is 0 Å². The minimum atomic E-state index is -0.254. The molecule has 0 spiro atoms. The monoisotopic (exact) mass is 469 g/mol. The molecular weight excluding hydrogens is 457 g/mol. The van der Waals surface area contributed by atoms with Crippen LogP contribution in [0.2, 0.25) is 10.0 Å². The van der Waals surface area contributed by atoms with Crippen molar-refractivity contribution in [1.29, 1.82) is 0 Å². The van der Waals surface area contributed by atoms with Crippen molar-refractivity contribution in [3.63, 3.8) is 0 Å². The molecule has 2 aromatic carbocycles. The standard InChI is InChI=1S/C20H13Cl2N7OS/c21-11-5-3-6-12(22)16(11)29-14(26-13-7-2-1-4-10(13)19(29)30)8-31-20-27-15-17(23)24-9-25-18(15)28-20/h1-7,9H,8H2,(H3,23,24,25,27,28). The number of benzene rings is 2. The Hall–Kier alpha value is -3.14. The molecule has 5 aromatic rings. The normalized spacial score (nSPS) is 11.4. The molecule has 0 saturated heterocycles. The highest BCUT2D eigenvalue weighted by Gasteiger charge is 2.18. The number of fused-ring (bicyclic) bond motifs is 2. The number of thioether (sulfide) groups is 1. The van der Waals surface area contributed by atoms with Gasteiger partial charge in [0.15, 0.2) is 16.6 Å². The van der Waals surface area contributed by atoms with Gasteiger partial charge in [0.1, 0.15) is 17.7 Å². The van der Waals surface area contributed by atoms with Crippen molar-refractivity contribution in [2.24, 2.45) is 0 Å². The van der Waals surface area contributed by atoms with Crippen LogP contribution in [0.3, 0.4) is 0 Å². The number of aromatic amines is 1. The molecule has 0 bridgehead atoms. The molecule has 0 unspecified atom stereocenters. The summed E-state index contributed by atoms with van der Waals surface area (Å²) < 4.78 is 1.46. The highest BCUT2D eigenvalue weighted by molar-refractivity contribution is 7.98. The fourth-order valence-electron chi connectivity index (χ4n) is 3.24. The minimum absolute atomic E-state index is 0.254. The lowest BCUT2D eigenvalue weighted by Gasteiger charge is -2.15. The molecule has 0 saturated carbocycles. The summed E-state index contributed by atoms with van der Waals surface area (Å²) in [7, 11) is 0. The average molecular weight is 470 g/mol. The zero-order valence-corrected chi connectivity index (χ0v) is 18.0. The van der Waals surface area contributed by atoms with Gasteiger partial charge < -0.3 is 10.7 Å². The number of hydrogen-bond acceptors (Lipinski definition) is 7. The Balaban J connectivity index is 1.65. The third-order valence-electron chi connectivity index (χ3n) is 4.64. The summed E-state index contributed by atoms with van der Waals surface area (Å²) in [5, 5.41) is 1.75. The number of halogens is 2. The SMILES string of the molecule is Nc1ncnc2nc(SCc3nc4ccccc4c(=O)n3-c3c(Cl)cccc3Cl)[nH]c12. The number of nitrogens with one attached hydrogen (secondary N) is 1. The molecule has 31 heavy (non-hydrogen) atoms. The topological polar surface area (TPSA) is 115 Å². The summed E-state index contributed by atoms with van der Waals surface area (Å²) in [5.41, 5.74) is 7.62. The number of nitrogen functional groups attached to an aromatic ring is 1. The Kier molecular flexibility index (Phi) is 5.01. The van der Waals surface area contributed by atoms with Crippen molar-refractivity contribution in [2.75, 3.05) is 5.73 Å². The van der Waals surface area contributed by atoms with Crippen molar-refractivity contribution < 1.29 is 0 Å². The predicted molar refractivity (Wildman–Crippen MR) is 123 cm³/mol. The van der Waals surface area contributed by atoms with Gasteiger partial charge in [-0.05, 0) is 24.3 Å². The molecule has 11 heteroatoms. The first-order valence-electron chi connectivity index (χ1n) is 9.07. The summed E-state index contributed by atoms with van der Waals surface area (Å²) in [6.45, 7) is 0. The van der Waals surface area contributed by atoms with E-state index in [0.29, 0.717) is 60.4 Å². The van der Waals surface area contributed by atoms with Gasteiger partial charge >= 0.3 is 0 Å². The largest absolute Gasteiger partial charge is 0.382 e. The van der Waals surface area contributed by atoms with Gasteiger partial charge in [-0.2, -0.15) is 0 Å². The highest BCUT2D eigenvalue weighted by Crippen LogP contribution is 2.30. The average Bonchev–Trinajstić information content (AvgIpc) is 3.18. The van der Waals surface area contributed by atoms with E-state index in [9.17, 15) is 4.79 Å². The lowest BCUT2D eigenvalue weighted by Crippen LogP contribution is -2.24. The number of rotatable bonds is 4. The van der Waals surface area contributed by atoms with Crippen LogP contribution in [-0.2, 0) is 5.75 Å². The predicted octanol–water partition coefficient (Wildman–Crippen LogP) is 4.23. The zero-order chi connectivity index (χ0) is 21.5. The van der Waals surface area contributed by atoms with E-state index in [-0.39, 0.29) is 5.56 Å². The summed E-state index contributed by atoms with van der Waals surface area (Å²) in [6.07, 6.45) is 1.36. The Labute approximate surface area is 189 Å². The van der Waals surface area contributed by atoms with Gasteiger partial charge in [-0.3, -0.25) is 9.36 Å². The Bertz CT molecular complexity index is 1500. The molecule has 3 heterocycles. The first-order chi connectivity index (χ1) is 15.0. The van der Waals surface area contributed by atoms with Crippen LogP contribution >= 0.6 is 35.0 Å². The highest BCUT2D eigenvalue weighted by atomic mass is 35.5. The zero-order valence-electron chi connectivity index (χ0n) is 15.7. The van der Waals surface area contributed by atoms with Gasteiger partial charge in [-0.1, -0.05) is 53.2 Å².